The second-order valence-corrected chi connectivity index (χ2v) is 5.56. The zero-order chi connectivity index (χ0) is 18.8. The molecule has 136 valence electrons. The molecule has 2 N–H and O–H groups in total. The van der Waals surface area contributed by atoms with Crippen LogP contribution >= 0.6 is 0 Å². The molecule has 25 heavy (non-hydrogen) atoms. The van der Waals surface area contributed by atoms with Gasteiger partial charge in [0, 0.05) is 17.2 Å². The minimum atomic E-state index is -0.664. The molecule has 1 aromatic rings. The van der Waals surface area contributed by atoms with Crippen molar-refractivity contribution >= 4 is 23.7 Å². The topological polar surface area (TPSA) is 93.7 Å². The largest absolute Gasteiger partial charge is 0.460 e. The van der Waals surface area contributed by atoms with Gasteiger partial charge in [0.25, 0.3) is 0 Å². The minimum Gasteiger partial charge on any atom is -0.460 e. The molecule has 0 heterocycles. The van der Waals surface area contributed by atoms with Crippen molar-refractivity contribution < 1.29 is 23.9 Å². The maximum absolute atomic E-state index is 11.8. The molecule has 0 aliphatic heterocycles. The van der Waals surface area contributed by atoms with Crippen LogP contribution in [0.2, 0.25) is 0 Å². The van der Waals surface area contributed by atoms with Crippen LogP contribution in [0.4, 0.5) is 10.5 Å². The molecule has 0 saturated carbocycles. The summed E-state index contributed by atoms with van der Waals surface area (Å²) >= 11 is 0. The number of benzene rings is 1. The number of carbonyl (C=O) groups excluding carboxylic acids is 3. The van der Waals surface area contributed by atoms with Crippen LogP contribution in [0.25, 0.3) is 0 Å². The number of esters is 1. The predicted octanol–water partition coefficient (Wildman–Crippen LogP) is 2.88. The van der Waals surface area contributed by atoms with Crippen molar-refractivity contribution in [3.8, 4) is 5.75 Å². The fraction of sp³-hybridized carbons (Fsp3) is 0.389. The Balaban J connectivity index is 2.37. The van der Waals surface area contributed by atoms with Crippen molar-refractivity contribution in [2.75, 3.05) is 18.5 Å². The van der Waals surface area contributed by atoms with Gasteiger partial charge in [-0.25, -0.2) is 9.59 Å². The highest BCUT2D eigenvalue weighted by atomic mass is 16.6. The molecule has 0 aromatic heterocycles. The first-order valence-corrected chi connectivity index (χ1v) is 8.02. The molecule has 1 rings (SSSR count). The van der Waals surface area contributed by atoms with E-state index in [2.05, 4.69) is 17.2 Å². The molecule has 1 aromatic carbocycles. The number of ether oxygens (including phenoxy) is 2. The summed E-state index contributed by atoms with van der Waals surface area (Å²) in [7, 11) is 0. The van der Waals surface area contributed by atoms with Crippen LogP contribution in [0, 0.1) is 5.92 Å². The van der Waals surface area contributed by atoms with Gasteiger partial charge in [0.1, 0.15) is 12.4 Å². The van der Waals surface area contributed by atoms with Crippen molar-refractivity contribution in [2.45, 2.75) is 27.2 Å². The lowest BCUT2D eigenvalue weighted by Crippen LogP contribution is -2.30. The Morgan fingerprint density at radius 2 is 1.84 bits per heavy atom. The Morgan fingerprint density at radius 3 is 2.40 bits per heavy atom. The van der Waals surface area contributed by atoms with E-state index in [1.54, 1.807) is 31.2 Å². The summed E-state index contributed by atoms with van der Waals surface area (Å²) in [6.45, 7) is 8.94. The first-order valence-electron chi connectivity index (χ1n) is 8.02. The highest BCUT2D eigenvalue weighted by Crippen LogP contribution is 2.17. The van der Waals surface area contributed by atoms with E-state index in [0.29, 0.717) is 17.0 Å². The molecule has 0 bridgehead atoms. The molecule has 0 radical (unpaired) electrons. The van der Waals surface area contributed by atoms with E-state index in [1.807, 2.05) is 13.8 Å². The van der Waals surface area contributed by atoms with Crippen molar-refractivity contribution in [3.05, 3.63) is 36.4 Å². The smallest absolute Gasteiger partial charge is 0.412 e. The van der Waals surface area contributed by atoms with Gasteiger partial charge in [-0.15, -0.1) is 0 Å². The normalized spacial score (nSPS) is 11.2. The van der Waals surface area contributed by atoms with Gasteiger partial charge in [0.05, 0.1) is 6.54 Å². The summed E-state index contributed by atoms with van der Waals surface area (Å²) < 4.78 is 9.91. The first-order chi connectivity index (χ1) is 11.8. The molecular formula is C18H24N2O5. The Bertz CT molecular complexity index is 625. The van der Waals surface area contributed by atoms with Crippen LogP contribution in [0.15, 0.2) is 36.4 Å². The Kier molecular flexibility index (Phi) is 8.18. The van der Waals surface area contributed by atoms with Gasteiger partial charge in [0.15, 0.2) is 0 Å². The van der Waals surface area contributed by atoms with Crippen LogP contribution in [0.3, 0.4) is 0 Å². The molecular weight excluding hydrogens is 324 g/mol. The minimum absolute atomic E-state index is 0.0291. The maximum Gasteiger partial charge on any atom is 0.412 e. The van der Waals surface area contributed by atoms with E-state index >= 15 is 0 Å². The molecule has 2 amide bonds. The predicted molar refractivity (Wildman–Crippen MR) is 94.3 cm³/mol. The molecule has 0 saturated heterocycles. The van der Waals surface area contributed by atoms with Crippen LogP contribution in [0.1, 0.15) is 27.2 Å². The molecule has 0 aliphatic carbocycles. The number of hydrogen-bond donors (Lipinski definition) is 2. The monoisotopic (exact) mass is 348 g/mol. The van der Waals surface area contributed by atoms with Crippen LogP contribution in [-0.2, 0) is 14.3 Å². The summed E-state index contributed by atoms with van der Waals surface area (Å²) in [6.07, 6.45) is 0.0947. The van der Waals surface area contributed by atoms with Gasteiger partial charge in [-0.05, 0) is 37.6 Å². The average Bonchev–Trinajstić information content (AvgIpc) is 2.59. The second-order valence-electron chi connectivity index (χ2n) is 5.56. The summed E-state index contributed by atoms with van der Waals surface area (Å²) in [4.78, 5) is 34.6. The average molecular weight is 348 g/mol. The number of rotatable bonds is 8. The first kappa shape index (κ1) is 20.2. The highest BCUT2D eigenvalue weighted by Gasteiger charge is 2.11. The second kappa shape index (κ2) is 10.1. The highest BCUT2D eigenvalue weighted by molar-refractivity contribution is 5.92. The SMILES string of the molecule is C=C(C)C(=O)OCCNC(=O)Oc1ccc(NC(=O)C(C)CC)cc1. The van der Waals surface area contributed by atoms with Crippen molar-refractivity contribution in [1.29, 1.82) is 0 Å². The maximum atomic E-state index is 11.8. The summed E-state index contributed by atoms with van der Waals surface area (Å²) in [5.41, 5.74) is 0.924. The summed E-state index contributed by atoms with van der Waals surface area (Å²) in [5, 5.41) is 5.24. The zero-order valence-corrected chi connectivity index (χ0v) is 14.8. The van der Waals surface area contributed by atoms with Gasteiger partial charge in [0.2, 0.25) is 5.91 Å². The number of hydrogen-bond acceptors (Lipinski definition) is 5. The summed E-state index contributed by atoms with van der Waals surface area (Å²) in [5.74, 6) is -0.304. The third-order valence-corrected chi connectivity index (χ3v) is 3.35. The third-order valence-electron chi connectivity index (χ3n) is 3.35. The van der Waals surface area contributed by atoms with Crippen molar-refractivity contribution in [2.24, 2.45) is 5.92 Å². The van der Waals surface area contributed by atoms with Gasteiger partial charge in [-0.2, -0.15) is 0 Å². The Hall–Kier alpha value is -2.83. The fourth-order valence-corrected chi connectivity index (χ4v) is 1.62. The third kappa shape index (κ3) is 7.52. The van der Waals surface area contributed by atoms with E-state index < -0.39 is 12.1 Å². The van der Waals surface area contributed by atoms with Crippen molar-refractivity contribution in [3.63, 3.8) is 0 Å². The van der Waals surface area contributed by atoms with E-state index in [4.69, 9.17) is 9.47 Å². The summed E-state index contributed by atoms with van der Waals surface area (Å²) in [6, 6.07) is 6.45. The number of carbonyl (C=O) groups is 3. The molecule has 0 spiro atoms. The zero-order valence-electron chi connectivity index (χ0n) is 14.8. The van der Waals surface area contributed by atoms with E-state index in [9.17, 15) is 14.4 Å². The fourth-order valence-electron chi connectivity index (χ4n) is 1.62. The van der Waals surface area contributed by atoms with Crippen LogP contribution in [-0.4, -0.2) is 31.1 Å². The molecule has 7 heteroatoms. The Labute approximate surface area is 147 Å². The van der Waals surface area contributed by atoms with E-state index in [-0.39, 0.29) is 25.0 Å². The molecule has 7 nitrogen and oxygen atoms in total. The van der Waals surface area contributed by atoms with Gasteiger partial charge in [-0.1, -0.05) is 20.4 Å². The number of anilines is 1. The van der Waals surface area contributed by atoms with Crippen molar-refractivity contribution in [1.82, 2.24) is 5.32 Å². The number of nitrogens with one attached hydrogen (secondary N) is 2. The molecule has 0 fully saturated rings. The van der Waals surface area contributed by atoms with Gasteiger partial charge >= 0.3 is 12.1 Å². The Morgan fingerprint density at radius 1 is 1.20 bits per heavy atom. The lowest BCUT2D eigenvalue weighted by molar-refractivity contribution is -0.138. The van der Waals surface area contributed by atoms with Crippen LogP contribution < -0.4 is 15.4 Å². The van der Waals surface area contributed by atoms with Crippen LogP contribution in [0.5, 0.6) is 5.75 Å². The number of amides is 2. The van der Waals surface area contributed by atoms with E-state index in [1.165, 1.54) is 0 Å². The standard InChI is InChI=1S/C18H24N2O5/c1-5-13(4)16(21)20-14-6-8-15(9-7-14)25-18(23)19-10-11-24-17(22)12(2)3/h6-9,13H,2,5,10-11H2,1,3-4H3,(H,19,23)(H,20,21). The molecule has 1 unspecified atom stereocenters. The lowest BCUT2D eigenvalue weighted by Gasteiger charge is -2.11. The molecule has 1 atom stereocenters. The molecule has 0 aliphatic rings. The van der Waals surface area contributed by atoms with E-state index in [0.717, 1.165) is 6.42 Å². The van der Waals surface area contributed by atoms with Gasteiger partial charge in [-0.3, -0.25) is 4.79 Å². The lowest BCUT2D eigenvalue weighted by atomic mass is 10.1. The quantitative estimate of drug-likeness (QED) is 0.428. The van der Waals surface area contributed by atoms with Gasteiger partial charge < -0.3 is 20.1 Å².